The molecule has 0 aliphatic carbocycles. The Morgan fingerprint density at radius 1 is 1.52 bits per heavy atom. The van der Waals surface area contributed by atoms with Crippen molar-refractivity contribution in [1.82, 2.24) is 25.3 Å². The Kier molecular flexibility index (Phi) is 5.84. The van der Waals surface area contributed by atoms with Crippen molar-refractivity contribution in [1.29, 1.82) is 0 Å². The number of nitrogens with one attached hydrogen (secondary N) is 2. The molecular weight excluding hydrogens is 294 g/mol. The molecule has 8 heteroatoms. The van der Waals surface area contributed by atoms with Crippen molar-refractivity contribution in [2.45, 2.75) is 18.9 Å². The lowest BCUT2D eigenvalue weighted by Crippen LogP contribution is -2.52. The summed E-state index contributed by atoms with van der Waals surface area (Å²) in [6.07, 6.45) is 6.12. The quantitative estimate of drug-likeness (QED) is 0.585. The molecule has 1 aliphatic rings. The first-order valence-electron chi connectivity index (χ1n) is 7.90. The van der Waals surface area contributed by atoms with Crippen LogP contribution in [0.1, 0.15) is 12.8 Å². The fraction of sp³-hybridized carbons (Fsp3) is 0.667. The van der Waals surface area contributed by atoms with Crippen LogP contribution in [0.25, 0.3) is 0 Å². The van der Waals surface area contributed by atoms with Gasteiger partial charge < -0.3 is 20.4 Å². The van der Waals surface area contributed by atoms with Crippen molar-refractivity contribution in [2.75, 3.05) is 45.7 Å². The molecule has 2 N–H and O–H groups in total. The van der Waals surface area contributed by atoms with Crippen LogP contribution in [-0.2, 0) is 11.8 Å². The van der Waals surface area contributed by atoms with Crippen LogP contribution in [0.5, 0.6) is 0 Å². The van der Waals surface area contributed by atoms with E-state index < -0.39 is 0 Å². The van der Waals surface area contributed by atoms with Crippen molar-refractivity contribution >= 4 is 17.6 Å². The summed E-state index contributed by atoms with van der Waals surface area (Å²) in [5.74, 6) is 0.687. The highest BCUT2D eigenvalue weighted by Crippen LogP contribution is 2.18. The summed E-state index contributed by atoms with van der Waals surface area (Å²) < 4.78 is 1.82. The second kappa shape index (κ2) is 7.85. The van der Waals surface area contributed by atoms with E-state index in [4.69, 9.17) is 0 Å². The molecule has 1 unspecified atom stereocenters. The molecule has 1 amide bonds. The zero-order chi connectivity index (χ0) is 16.8. The molecule has 128 valence electrons. The fourth-order valence-corrected chi connectivity index (χ4v) is 2.61. The van der Waals surface area contributed by atoms with Gasteiger partial charge in [-0.1, -0.05) is 0 Å². The number of aliphatic imine (C=N–C) groups is 1. The van der Waals surface area contributed by atoms with E-state index in [1.54, 1.807) is 26.0 Å². The molecular formula is C15H27N7O. The second-order valence-electron chi connectivity index (χ2n) is 6.02. The van der Waals surface area contributed by atoms with Crippen LogP contribution in [0.2, 0.25) is 0 Å². The average Bonchev–Trinajstić information content (AvgIpc) is 2.97. The molecule has 1 aliphatic heterocycles. The lowest BCUT2D eigenvalue weighted by atomic mass is 10.1. The molecule has 1 aromatic heterocycles. The van der Waals surface area contributed by atoms with E-state index >= 15 is 0 Å². The highest BCUT2D eigenvalue weighted by atomic mass is 16.2. The Labute approximate surface area is 137 Å². The maximum absolute atomic E-state index is 11.7. The van der Waals surface area contributed by atoms with Gasteiger partial charge in [0, 0.05) is 53.5 Å². The van der Waals surface area contributed by atoms with Gasteiger partial charge in [-0.3, -0.25) is 14.5 Å². The van der Waals surface area contributed by atoms with Crippen molar-refractivity contribution in [2.24, 2.45) is 12.0 Å². The monoisotopic (exact) mass is 321 g/mol. The number of hydrogen-bond donors (Lipinski definition) is 2. The molecule has 8 nitrogen and oxygen atoms in total. The summed E-state index contributed by atoms with van der Waals surface area (Å²) >= 11 is 0. The second-order valence-corrected chi connectivity index (χ2v) is 6.02. The van der Waals surface area contributed by atoms with E-state index in [-0.39, 0.29) is 12.5 Å². The van der Waals surface area contributed by atoms with Crippen molar-refractivity contribution in [3.63, 3.8) is 0 Å². The maximum Gasteiger partial charge on any atom is 0.241 e. The minimum atomic E-state index is 0.0218. The summed E-state index contributed by atoms with van der Waals surface area (Å²) in [5, 5.41) is 10.7. The van der Waals surface area contributed by atoms with Crippen LogP contribution in [0, 0.1) is 0 Å². The van der Waals surface area contributed by atoms with E-state index in [0.717, 1.165) is 31.6 Å². The van der Waals surface area contributed by atoms with Crippen molar-refractivity contribution in [3.05, 3.63) is 12.4 Å². The maximum atomic E-state index is 11.7. The minimum absolute atomic E-state index is 0.0218. The van der Waals surface area contributed by atoms with Crippen LogP contribution in [0.3, 0.4) is 0 Å². The minimum Gasteiger partial charge on any atom is -0.367 e. The summed E-state index contributed by atoms with van der Waals surface area (Å²) in [6, 6.07) is 0.296. The van der Waals surface area contributed by atoms with Crippen LogP contribution in [-0.4, -0.2) is 73.4 Å². The molecule has 1 atom stereocenters. The molecule has 0 bridgehead atoms. The SMILES string of the molecule is CN=C(NCC(=O)N(C)C)NC1CCCN(c2cnn(C)c2)C1. The number of hydrogen-bond acceptors (Lipinski definition) is 4. The predicted molar refractivity (Wildman–Crippen MR) is 91.6 cm³/mol. The molecule has 1 saturated heterocycles. The van der Waals surface area contributed by atoms with Crippen LogP contribution >= 0.6 is 0 Å². The zero-order valence-electron chi connectivity index (χ0n) is 14.4. The fourth-order valence-electron chi connectivity index (χ4n) is 2.61. The van der Waals surface area contributed by atoms with Crippen LogP contribution in [0.15, 0.2) is 17.4 Å². The third-order valence-electron chi connectivity index (χ3n) is 3.95. The number of aryl methyl sites for hydroxylation is 1. The van der Waals surface area contributed by atoms with E-state index in [9.17, 15) is 4.79 Å². The van der Waals surface area contributed by atoms with Gasteiger partial charge in [0.25, 0.3) is 0 Å². The lowest BCUT2D eigenvalue weighted by Gasteiger charge is -2.34. The molecule has 0 radical (unpaired) electrons. The van der Waals surface area contributed by atoms with Crippen molar-refractivity contribution < 1.29 is 4.79 Å². The molecule has 1 aromatic rings. The Morgan fingerprint density at radius 3 is 2.91 bits per heavy atom. The Balaban J connectivity index is 1.87. The predicted octanol–water partition coefficient (Wildman–Crippen LogP) is -0.358. The third kappa shape index (κ3) is 4.87. The van der Waals surface area contributed by atoms with Gasteiger partial charge in [-0.25, -0.2) is 0 Å². The number of nitrogens with zero attached hydrogens (tertiary/aromatic N) is 5. The molecule has 1 fully saturated rings. The molecule has 2 heterocycles. The molecule has 2 rings (SSSR count). The number of anilines is 1. The van der Waals surface area contributed by atoms with Gasteiger partial charge in [0.05, 0.1) is 18.4 Å². The highest BCUT2D eigenvalue weighted by Gasteiger charge is 2.22. The number of rotatable bonds is 4. The highest BCUT2D eigenvalue weighted by molar-refractivity contribution is 5.86. The number of guanidine groups is 1. The normalized spacial score (nSPS) is 18.7. The van der Waals surface area contributed by atoms with Crippen molar-refractivity contribution in [3.8, 4) is 0 Å². The largest absolute Gasteiger partial charge is 0.367 e. The van der Waals surface area contributed by atoms with Gasteiger partial charge in [-0.05, 0) is 12.8 Å². The van der Waals surface area contributed by atoms with E-state index in [0.29, 0.717) is 12.0 Å². The number of likely N-dealkylation sites (N-methyl/N-ethyl adjacent to an activating group) is 1. The Bertz CT molecular complexity index is 552. The summed E-state index contributed by atoms with van der Waals surface area (Å²) in [5.41, 5.74) is 1.14. The third-order valence-corrected chi connectivity index (χ3v) is 3.95. The summed E-state index contributed by atoms with van der Waals surface area (Å²) in [7, 11) is 7.13. The summed E-state index contributed by atoms with van der Waals surface area (Å²) in [4.78, 5) is 19.7. The topological polar surface area (TPSA) is 77.8 Å². The Hall–Kier alpha value is -2.25. The number of piperidine rings is 1. The standard InChI is InChI=1S/C15H27N7O/c1-16-15(17-9-14(23)20(2)3)19-12-6-5-7-22(10-12)13-8-18-21(4)11-13/h8,11-12H,5-7,9-10H2,1-4H3,(H2,16,17,19). The molecule has 0 spiro atoms. The number of carbonyl (C=O) groups excluding carboxylic acids is 1. The molecule has 0 saturated carbocycles. The molecule has 23 heavy (non-hydrogen) atoms. The average molecular weight is 321 g/mol. The first kappa shape index (κ1) is 17.1. The van der Waals surface area contributed by atoms with Gasteiger partial charge in [-0.15, -0.1) is 0 Å². The van der Waals surface area contributed by atoms with Crippen LogP contribution in [0.4, 0.5) is 5.69 Å². The zero-order valence-corrected chi connectivity index (χ0v) is 14.4. The van der Waals surface area contributed by atoms with Gasteiger partial charge in [0.2, 0.25) is 5.91 Å². The molecule has 0 aromatic carbocycles. The van der Waals surface area contributed by atoms with Gasteiger partial charge in [0.15, 0.2) is 5.96 Å². The number of aromatic nitrogens is 2. The first-order chi connectivity index (χ1) is 11.0. The first-order valence-corrected chi connectivity index (χ1v) is 7.90. The smallest absolute Gasteiger partial charge is 0.241 e. The van der Waals surface area contributed by atoms with Crippen LogP contribution < -0.4 is 15.5 Å². The van der Waals surface area contributed by atoms with E-state index in [1.807, 2.05) is 24.1 Å². The number of carbonyl (C=O) groups is 1. The van der Waals surface area contributed by atoms with E-state index in [1.165, 1.54) is 0 Å². The lowest BCUT2D eigenvalue weighted by molar-refractivity contribution is -0.127. The summed E-state index contributed by atoms with van der Waals surface area (Å²) in [6.45, 7) is 2.18. The number of amides is 1. The van der Waals surface area contributed by atoms with Gasteiger partial charge in [-0.2, -0.15) is 5.10 Å². The van der Waals surface area contributed by atoms with E-state index in [2.05, 4.69) is 25.6 Å². The van der Waals surface area contributed by atoms with Gasteiger partial charge in [0.1, 0.15) is 0 Å². The van der Waals surface area contributed by atoms with Gasteiger partial charge >= 0.3 is 0 Å². The Morgan fingerprint density at radius 2 is 2.30 bits per heavy atom.